The highest BCUT2D eigenvalue weighted by Gasteiger charge is 2.18. The number of hydrogen-bond acceptors (Lipinski definition) is 0. The van der Waals surface area contributed by atoms with E-state index in [1.807, 2.05) is 0 Å². The molecule has 0 atom stereocenters. The van der Waals surface area contributed by atoms with E-state index in [9.17, 15) is 0 Å². The molecule has 0 unspecified atom stereocenters. The maximum absolute atomic E-state index is 2.39. The first-order valence-corrected chi connectivity index (χ1v) is 14.1. The summed E-state index contributed by atoms with van der Waals surface area (Å²) in [4.78, 5) is 0. The molecule has 1 heterocycles. The third kappa shape index (κ3) is 3.78. The quantitative estimate of drug-likeness (QED) is 0.222. The Morgan fingerprint density at radius 3 is 1.77 bits per heavy atom. The highest BCUT2D eigenvalue weighted by molar-refractivity contribution is 6.10. The van der Waals surface area contributed by atoms with Gasteiger partial charge in [-0.15, -0.1) is 0 Å². The van der Waals surface area contributed by atoms with Gasteiger partial charge in [-0.3, -0.25) is 0 Å². The van der Waals surface area contributed by atoms with Crippen molar-refractivity contribution in [2.24, 2.45) is 7.05 Å². The Hall–Kier alpha value is -4.88. The summed E-state index contributed by atoms with van der Waals surface area (Å²) in [5, 5.41) is 2.61. The zero-order chi connectivity index (χ0) is 26.6. The second kappa shape index (κ2) is 9.10. The molecule has 0 aliphatic heterocycles. The molecule has 0 fully saturated rings. The number of aromatic nitrogens is 1. The summed E-state index contributed by atoms with van der Waals surface area (Å²) >= 11 is 0. The second-order valence-corrected chi connectivity index (χ2v) is 11.1. The van der Waals surface area contributed by atoms with E-state index in [1.165, 1.54) is 77.4 Å². The van der Waals surface area contributed by atoms with Gasteiger partial charge in [0.05, 0.1) is 0 Å². The fourth-order valence-electron chi connectivity index (χ4n) is 6.55. The zero-order valence-corrected chi connectivity index (χ0v) is 22.6. The first-order chi connectivity index (χ1) is 19.7. The predicted molar refractivity (Wildman–Crippen MR) is 169 cm³/mol. The minimum absolute atomic E-state index is 0.959. The Morgan fingerprint density at radius 1 is 0.475 bits per heavy atom. The van der Waals surface area contributed by atoms with Gasteiger partial charge in [-0.1, -0.05) is 109 Å². The molecular formula is C39H29N. The molecule has 1 aliphatic rings. The number of rotatable bonds is 4. The molecular weight excluding hydrogens is 482 g/mol. The summed E-state index contributed by atoms with van der Waals surface area (Å²) < 4.78 is 2.32. The number of hydrogen-bond donors (Lipinski definition) is 0. The van der Waals surface area contributed by atoms with Crippen LogP contribution in [0.15, 0.2) is 133 Å². The number of nitrogens with zero attached hydrogens (tertiary/aromatic N) is 1. The highest BCUT2D eigenvalue weighted by atomic mass is 14.9. The molecule has 1 aliphatic carbocycles. The molecule has 1 aromatic heterocycles. The fourth-order valence-corrected chi connectivity index (χ4v) is 6.55. The Balaban J connectivity index is 1.16. The van der Waals surface area contributed by atoms with Crippen molar-refractivity contribution in [3.8, 4) is 33.4 Å². The average molecular weight is 512 g/mol. The van der Waals surface area contributed by atoms with Crippen molar-refractivity contribution in [2.75, 3.05) is 0 Å². The average Bonchev–Trinajstić information content (AvgIpc) is 3.52. The van der Waals surface area contributed by atoms with Crippen molar-refractivity contribution in [3.05, 3.63) is 156 Å². The second-order valence-electron chi connectivity index (χ2n) is 11.1. The molecule has 0 N–H and O–H groups in total. The smallest absolute Gasteiger partial charge is 0.0489 e. The van der Waals surface area contributed by atoms with Crippen molar-refractivity contribution in [1.29, 1.82) is 0 Å². The monoisotopic (exact) mass is 511 g/mol. The maximum atomic E-state index is 2.39. The molecule has 1 heteroatoms. The molecule has 7 aromatic rings. The normalized spacial score (nSPS) is 12.1. The van der Waals surface area contributed by atoms with Gasteiger partial charge < -0.3 is 4.57 Å². The Kier molecular flexibility index (Phi) is 5.24. The van der Waals surface area contributed by atoms with Crippen molar-refractivity contribution in [2.45, 2.75) is 12.8 Å². The summed E-state index contributed by atoms with van der Waals surface area (Å²) in [6.07, 6.45) is 1.98. The van der Waals surface area contributed by atoms with Crippen molar-refractivity contribution in [3.63, 3.8) is 0 Å². The first-order valence-electron chi connectivity index (χ1n) is 14.1. The van der Waals surface area contributed by atoms with Gasteiger partial charge in [-0.25, -0.2) is 0 Å². The first kappa shape index (κ1) is 23.0. The molecule has 8 rings (SSSR count). The lowest BCUT2D eigenvalue weighted by Crippen LogP contribution is -1.88. The van der Waals surface area contributed by atoms with E-state index in [1.54, 1.807) is 0 Å². The van der Waals surface area contributed by atoms with Gasteiger partial charge in [0.2, 0.25) is 0 Å². The van der Waals surface area contributed by atoms with Crippen LogP contribution in [0.2, 0.25) is 0 Å². The Labute approximate surface area is 235 Å². The molecule has 0 bridgehead atoms. The highest BCUT2D eigenvalue weighted by Crippen LogP contribution is 2.40. The zero-order valence-electron chi connectivity index (χ0n) is 22.6. The van der Waals surface area contributed by atoms with E-state index in [0.29, 0.717) is 0 Å². The minimum atomic E-state index is 0.959. The summed E-state index contributed by atoms with van der Waals surface area (Å²) in [6.45, 7) is 0. The van der Waals surface area contributed by atoms with Crippen LogP contribution >= 0.6 is 0 Å². The van der Waals surface area contributed by atoms with E-state index < -0.39 is 0 Å². The van der Waals surface area contributed by atoms with Gasteiger partial charge in [0.15, 0.2) is 0 Å². The lowest BCUT2D eigenvalue weighted by Gasteiger charge is -2.07. The third-order valence-corrected chi connectivity index (χ3v) is 8.67. The van der Waals surface area contributed by atoms with Crippen LogP contribution in [0.1, 0.15) is 22.3 Å². The number of benzene rings is 6. The maximum Gasteiger partial charge on any atom is 0.0489 e. The fraction of sp³-hybridized carbons (Fsp3) is 0.0769. The summed E-state index contributed by atoms with van der Waals surface area (Å²) in [5.41, 5.74) is 15.9. The van der Waals surface area contributed by atoms with Gasteiger partial charge in [0, 0.05) is 28.9 Å². The van der Waals surface area contributed by atoms with Crippen LogP contribution in [0.25, 0.3) is 55.2 Å². The molecule has 0 saturated carbocycles. The molecule has 40 heavy (non-hydrogen) atoms. The van der Waals surface area contributed by atoms with Crippen LogP contribution in [0, 0.1) is 0 Å². The SMILES string of the molecule is Cn1c2ccc(-c3ccc(Cc4ccccc4)cc3)cc2c2cc(-c3ccc4c(c3)Cc3ccccc3-4)ccc21. The summed E-state index contributed by atoms with van der Waals surface area (Å²) in [7, 11) is 2.18. The van der Waals surface area contributed by atoms with Crippen LogP contribution in [0.5, 0.6) is 0 Å². The number of aryl methyl sites for hydroxylation is 1. The summed E-state index contributed by atoms with van der Waals surface area (Å²) in [5.74, 6) is 0. The van der Waals surface area contributed by atoms with E-state index in [-0.39, 0.29) is 0 Å². The molecule has 6 aromatic carbocycles. The van der Waals surface area contributed by atoms with Gasteiger partial charge >= 0.3 is 0 Å². The van der Waals surface area contributed by atoms with Gasteiger partial charge in [0.1, 0.15) is 0 Å². The molecule has 0 radical (unpaired) electrons. The molecule has 0 spiro atoms. The lowest BCUT2D eigenvalue weighted by molar-refractivity contribution is 1.01. The lowest BCUT2D eigenvalue weighted by atomic mass is 9.97. The van der Waals surface area contributed by atoms with Crippen LogP contribution < -0.4 is 0 Å². The Bertz CT molecular complexity index is 2040. The number of fused-ring (bicyclic) bond motifs is 6. The minimum Gasteiger partial charge on any atom is -0.344 e. The largest absolute Gasteiger partial charge is 0.344 e. The Morgan fingerprint density at radius 2 is 1.02 bits per heavy atom. The van der Waals surface area contributed by atoms with Crippen molar-refractivity contribution < 1.29 is 0 Å². The van der Waals surface area contributed by atoms with Crippen LogP contribution in [-0.2, 0) is 19.9 Å². The molecule has 0 amide bonds. The van der Waals surface area contributed by atoms with Gasteiger partial charge in [0.25, 0.3) is 0 Å². The van der Waals surface area contributed by atoms with Crippen LogP contribution in [0.3, 0.4) is 0 Å². The van der Waals surface area contributed by atoms with E-state index >= 15 is 0 Å². The third-order valence-electron chi connectivity index (χ3n) is 8.67. The standard InChI is InChI=1S/C39H29N/c1-40-38-19-16-30(28-13-11-27(12-14-28)21-26-7-3-2-4-8-26)24-36(38)37-25-31(17-20-39(37)40)29-15-18-35-33(22-29)23-32-9-5-6-10-34(32)35/h2-20,22,24-25H,21,23H2,1H3. The summed E-state index contributed by atoms with van der Waals surface area (Å²) in [6, 6.07) is 49.3. The van der Waals surface area contributed by atoms with E-state index in [4.69, 9.17) is 0 Å². The molecule has 190 valence electrons. The van der Waals surface area contributed by atoms with E-state index in [2.05, 4.69) is 145 Å². The predicted octanol–water partition coefficient (Wildman–Crippen LogP) is 9.83. The van der Waals surface area contributed by atoms with Gasteiger partial charge in [-0.2, -0.15) is 0 Å². The topological polar surface area (TPSA) is 4.93 Å². The van der Waals surface area contributed by atoms with E-state index in [0.717, 1.165) is 12.8 Å². The van der Waals surface area contributed by atoms with Gasteiger partial charge in [-0.05, 0) is 92.7 Å². The van der Waals surface area contributed by atoms with Crippen LogP contribution in [0.4, 0.5) is 0 Å². The molecule has 1 nitrogen and oxygen atoms in total. The van der Waals surface area contributed by atoms with Crippen molar-refractivity contribution in [1.82, 2.24) is 4.57 Å². The van der Waals surface area contributed by atoms with Crippen molar-refractivity contribution >= 4 is 21.8 Å². The van der Waals surface area contributed by atoms with Crippen LogP contribution in [-0.4, -0.2) is 4.57 Å². The molecule has 0 saturated heterocycles.